The number of piperidine rings is 1. The summed E-state index contributed by atoms with van der Waals surface area (Å²) in [7, 11) is -3.44. The third kappa shape index (κ3) is 4.39. The molecular formula is C14H19IN6O3S. The summed E-state index contributed by atoms with van der Waals surface area (Å²) >= 11 is 1.81. The molecule has 2 unspecified atom stereocenters. The summed E-state index contributed by atoms with van der Waals surface area (Å²) in [6, 6.07) is 1.14. The molecule has 9 nitrogen and oxygen atoms in total. The van der Waals surface area contributed by atoms with E-state index in [-0.39, 0.29) is 15.5 Å². The van der Waals surface area contributed by atoms with Crippen molar-refractivity contribution in [3.63, 3.8) is 0 Å². The number of halogens is 1. The summed E-state index contributed by atoms with van der Waals surface area (Å²) in [5, 5.41) is 7.43. The lowest BCUT2D eigenvalue weighted by Gasteiger charge is -2.30. The van der Waals surface area contributed by atoms with Gasteiger partial charge in [-0.15, -0.1) is 0 Å². The van der Waals surface area contributed by atoms with Gasteiger partial charge in [0, 0.05) is 18.7 Å². The molecule has 0 saturated carbocycles. The zero-order valence-corrected chi connectivity index (χ0v) is 16.3. The fourth-order valence-corrected chi connectivity index (χ4v) is 5.28. The summed E-state index contributed by atoms with van der Waals surface area (Å²) in [6.45, 7) is 1.43. The van der Waals surface area contributed by atoms with Gasteiger partial charge in [-0.1, -0.05) is 22.6 Å². The first-order valence-corrected chi connectivity index (χ1v) is 11.1. The van der Waals surface area contributed by atoms with Crippen LogP contribution >= 0.6 is 22.6 Å². The first kappa shape index (κ1) is 18.3. The highest BCUT2D eigenvalue weighted by atomic mass is 127. The van der Waals surface area contributed by atoms with E-state index in [1.807, 2.05) is 22.6 Å². The SMILES string of the molecule is O=C(Nc1cnc2[nH]ccc2n1)NC(C1CCCNC1)S(=O)(=O)CI. The number of hydrogen-bond donors (Lipinski definition) is 4. The van der Waals surface area contributed by atoms with E-state index in [9.17, 15) is 13.2 Å². The van der Waals surface area contributed by atoms with Gasteiger partial charge in [-0.25, -0.2) is 23.2 Å². The zero-order valence-electron chi connectivity index (χ0n) is 13.3. The topological polar surface area (TPSA) is 129 Å². The highest BCUT2D eigenvalue weighted by Crippen LogP contribution is 2.21. The van der Waals surface area contributed by atoms with E-state index in [2.05, 4.69) is 30.9 Å². The summed E-state index contributed by atoms with van der Waals surface area (Å²) in [4.78, 5) is 23.6. The average Bonchev–Trinajstić information content (AvgIpc) is 3.08. The monoisotopic (exact) mass is 478 g/mol. The van der Waals surface area contributed by atoms with E-state index >= 15 is 0 Å². The molecule has 0 aliphatic carbocycles. The van der Waals surface area contributed by atoms with Crippen LogP contribution < -0.4 is 16.0 Å². The second kappa shape index (κ2) is 7.83. The van der Waals surface area contributed by atoms with Gasteiger partial charge in [0.1, 0.15) is 14.7 Å². The van der Waals surface area contributed by atoms with E-state index in [1.165, 1.54) is 6.20 Å². The number of carbonyl (C=O) groups is 1. The van der Waals surface area contributed by atoms with Gasteiger partial charge >= 0.3 is 6.03 Å². The minimum Gasteiger partial charge on any atom is -0.345 e. The summed E-state index contributed by atoms with van der Waals surface area (Å²) in [6.07, 6.45) is 4.76. The number of aromatic nitrogens is 3. The van der Waals surface area contributed by atoms with Crippen LogP contribution in [0.25, 0.3) is 11.2 Å². The van der Waals surface area contributed by atoms with Crippen LogP contribution in [-0.2, 0) is 9.84 Å². The third-order valence-electron chi connectivity index (χ3n) is 4.08. The van der Waals surface area contributed by atoms with Crippen molar-refractivity contribution in [1.82, 2.24) is 25.6 Å². The van der Waals surface area contributed by atoms with Gasteiger partial charge in [0.2, 0.25) is 0 Å². The Kier molecular flexibility index (Phi) is 5.74. The van der Waals surface area contributed by atoms with Crippen LogP contribution in [0.3, 0.4) is 0 Å². The molecule has 0 bridgehead atoms. The summed E-state index contributed by atoms with van der Waals surface area (Å²) < 4.78 is 24.8. The number of nitrogens with zero attached hydrogens (tertiary/aromatic N) is 2. The molecule has 1 aliphatic rings. The molecule has 3 heterocycles. The van der Waals surface area contributed by atoms with Crippen molar-refractivity contribution in [2.24, 2.45) is 5.92 Å². The number of carbonyl (C=O) groups excluding carboxylic acids is 1. The molecule has 2 atom stereocenters. The second-order valence-corrected chi connectivity index (χ2v) is 9.78. The van der Waals surface area contributed by atoms with Gasteiger partial charge in [-0.2, -0.15) is 0 Å². The second-order valence-electron chi connectivity index (χ2n) is 5.86. The number of nitrogens with one attached hydrogen (secondary N) is 4. The Morgan fingerprint density at radius 3 is 3.04 bits per heavy atom. The molecule has 11 heteroatoms. The van der Waals surface area contributed by atoms with Crippen molar-refractivity contribution >= 4 is 55.4 Å². The number of fused-ring (bicyclic) bond motifs is 1. The highest BCUT2D eigenvalue weighted by molar-refractivity contribution is 14.1. The zero-order chi connectivity index (χ0) is 17.9. The van der Waals surface area contributed by atoms with Gasteiger partial charge < -0.3 is 15.6 Å². The standard InChI is InChI=1S/C14H19IN6O3S/c15-8-25(23,24)13(9-2-1-4-16-6-9)21-14(22)20-11-7-18-12-10(19-11)3-5-17-12/h3,5,7,9,13,16H,1-2,4,6,8H2,(H,17,18)(H2,19,20,21,22). The van der Waals surface area contributed by atoms with Gasteiger partial charge in [0.15, 0.2) is 21.3 Å². The number of aromatic amines is 1. The van der Waals surface area contributed by atoms with Crippen LogP contribution in [0.1, 0.15) is 12.8 Å². The molecule has 0 spiro atoms. The van der Waals surface area contributed by atoms with Crippen molar-refractivity contribution < 1.29 is 13.2 Å². The third-order valence-corrected chi connectivity index (χ3v) is 8.26. The number of anilines is 1. The average molecular weight is 478 g/mol. The Hall–Kier alpha value is -1.47. The van der Waals surface area contributed by atoms with Crippen LogP contribution in [0.15, 0.2) is 18.5 Å². The van der Waals surface area contributed by atoms with E-state index in [0.717, 1.165) is 19.4 Å². The molecule has 0 radical (unpaired) electrons. The lowest BCUT2D eigenvalue weighted by molar-refractivity contribution is 0.244. The molecule has 2 aromatic heterocycles. The molecule has 4 N–H and O–H groups in total. The Morgan fingerprint density at radius 2 is 2.32 bits per heavy atom. The molecule has 136 valence electrons. The Morgan fingerprint density at radius 1 is 1.48 bits per heavy atom. The van der Waals surface area contributed by atoms with Gasteiger partial charge in [-0.05, 0) is 25.5 Å². The van der Waals surface area contributed by atoms with Crippen LogP contribution in [0.2, 0.25) is 0 Å². The van der Waals surface area contributed by atoms with E-state index in [1.54, 1.807) is 12.3 Å². The molecule has 1 fully saturated rings. The lowest BCUT2D eigenvalue weighted by Crippen LogP contribution is -2.51. The number of rotatable bonds is 5. The van der Waals surface area contributed by atoms with Gasteiger partial charge in [-0.3, -0.25) is 5.32 Å². The van der Waals surface area contributed by atoms with Gasteiger partial charge in [0.05, 0.1) is 6.20 Å². The Bertz CT molecular complexity index is 849. The highest BCUT2D eigenvalue weighted by Gasteiger charge is 2.34. The maximum Gasteiger partial charge on any atom is 0.321 e. The number of urea groups is 1. The maximum atomic E-state index is 12.4. The maximum absolute atomic E-state index is 12.4. The molecule has 1 saturated heterocycles. The Labute approximate surface area is 158 Å². The minimum absolute atomic E-state index is 0.0542. The summed E-state index contributed by atoms with van der Waals surface area (Å²) in [5.74, 6) is 0.106. The minimum atomic E-state index is -3.44. The molecule has 0 aromatic carbocycles. The molecule has 2 amide bonds. The van der Waals surface area contributed by atoms with Crippen molar-refractivity contribution in [2.75, 3.05) is 22.2 Å². The Balaban J connectivity index is 1.72. The molecule has 25 heavy (non-hydrogen) atoms. The number of sulfone groups is 1. The van der Waals surface area contributed by atoms with E-state index in [4.69, 9.17) is 0 Å². The number of H-pyrrole nitrogens is 1. The van der Waals surface area contributed by atoms with Crippen molar-refractivity contribution in [3.8, 4) is 0 Å². The van der Waals surface area contributed by atoms with Crippen molar-refractivity contribution in [1.29, 1.82) is 0 Å². The fraction of sp³-hybridized carbons (Fsp3) is 0.500. The fourth-order valence-electron chi connectivity index (χ4n) is 2.88. The molecular weight excluding hydrogens is 459 g/mol. The van der Waals surface area contributed by atoms with Crippen molar-refractivity contribution in [2.45, 2.75) is 18.2 Å². The largest absolute Gasteiger partial charge is 0.345 e. The number of amides is 2. The van der Waals surface area contributed by atoms with Crippen LogP contribution in [0.5, 0.6) is 0 Å². The number of alkyl halides is 1. The van der Waals surface area contributed by atoms with Gasteiger partial charge in [0.25, 0.3) is 0 Å². The van der Waals surface area contributed by atoms with Crippen LogP contribution in [-0.4, -0.2) is 51.6 Å². The summed E-state index contributed by atoms with van der Waals surface area (Å²) in [5.41, 5.74) is 1.23. The first-order chi connectivity index (χ1) is 12.0. The molecule has 1 aliphatic heterocycles. The van der Waals surface area contributed by atoms with Crippen LogP contribution in [0, 0.1) is 5.92 Å². The quantitative estimate of drug-likeness (QED) is 0.378. The molecule has 3 rings (SSSR count). The normalized spacial score (nSPS) is 19.5. The molecule has 2 aromatic rings. The van der Waals surface area contributed by atoms with Crippen molar-refractivity contribution in [3.05, 3.63) is 18.5 Å². The smallest absolute Gasteiger partial charge is 0.321 e. The first-order valence-electron chi connectivity index (χ1n) is 7.85. The predicted molar refractivity (Wildman–Crippen MR) is 103 cm³/mol. The predicted octanol–water partition coefficient (Wildman–Crippen LogP) is 1.21. The number of hydrogen-bond acceptors (Lipinski definition) is 6. The van der Waals surface area contributed by atoms with E-state index in [0.29, 0.717) is 17.7 Å². The van der Waals surface area contributed by atoms with E-state index < -0.39 is 21.2 Å². The van der Waals surface area contributed by atoms with Crippen LogP contribution in [0.4, 0.5) is 10.6 Å². The lowest BCUT2D eigenvalue weighted by atomic mass is 9.99.